The van der Waals surface area contributed by atoms with Gasteiger partial charge >= 0.3 is 0 Å². The number of anilines is 1. The van der Waals surface area contributed by atoms with Gasteiger partial charge in [-0.2, -0.15) is 4.39 Å². The minimum absolute atomic E-state index is 0.450. The molecular weight excluding hydrogens is 119 g/mol. The standard InChI is InChI=1S/C6H7FN2/c1-8-5-2-3-6(7)9-4-5/h2-4,8H,1H3. The van der Waals surface area contributed by atoms with Crippen molar-refractivity contribution in [3.05, 3.63) is 24.3 Å². The van der Waals surface area contributed by atoms with Crippen LogP contribution >= 0.6 is 0 Å². The first-order chi connectivity index (χ1) is 4.33. The van der Waals surface area contributed by atoms with Crippen LogP contribution in [0.15, 0.2) is 18.3 Å². The van der Waals surface area contributed by atoms with E-state index < -0.39 is 5.95 Å². The van der Waals surface area contributed by atoms with Crippen molar-refractivity contribution in [3.8, 4) is 0 Å². The van der Waals surface area contributed by atoms with E-state index >= 15 is 0 Å². The molecule has 1 N–H and O–H groups in total. The number of nitrogens with one attached hydrogen (secondary N) is 1. The molecule has 1 heterocycles. The summed E-state index contributed by atoms with van der Waals surface area (Å²) in [4.78, 5) is 3.42. The van der Waals surface area contributed by atoms with Crippen molar-refractivity contribution < 1.29 is 4.39 Å². The summed E-state index contributed by atoms with van der Waals surface area (Å²) in [5.41, 5.74) is 0.816. The number of aromatic nitrogens is 1. The molecule has 9 heavy (non-hydrogen) atoms. The van der Waals surface area contributed by atoms with Crippen molar-refractivity contribution in [2.24, 2.45) is 0 Å². The normalized spacial score (nSPS) is 9.11. The molecule has 0 aliphatic rings. The van der Waals surface area contributed by atoms with Crippen LogP contribution in [0, 0.1) is 5.95 Å². The third kappa shape index (κ3) is 1.38. The highest BCUT2D eigenvalue weighted by Gasteiger charge is 1.88. The Hall–Kier alpha value is -1.12. The van der Waals surface area contributed by atoms with Crippen LogP contribution < -0.4 is 5.32 Å². The fraction of sp³-hybridized carbons (Fsp3) is 0.167. The van der Waals surface area contributed by atoms with Crippen molar-refractivity contribution >= 4 is 5.69 Å². The molecule has 0 bridgehead atoms. The molecular formula is C6H7FN2. The Kier molecular flexibility index (Phi) is 1.63. The number of hydrogen-bond donors (Lipinski definition) is 1. The second kappa shape index (κ2) is 2.44. The molecule has 0 saturated carbocycles. The molecule has 0 amide bonds. The minimum Gasteiger partial charge on any atom is -0.387 e. The van der Waals surface area contributed by atoms with Gasteiger partial charge in [0.15, 0.2) is 0 Å². The van der Waals surface area contributed by atoms with E-state index in [9.17, 15) is 4.39 Å². The number of nitrogens with zero attached hydrogens (tertiary/aromatic N) is 1. The highest BCUT2D eigenvalue weighted by atomic mass is 19.1. The van der Waals surface area contributed by atoms with Crippen molar-refractivity contribution in [2.45, 2.75) is 0 Å². The van der Waals surface area contributed by atoms with Crippen molar-refractivity contribution in [2.75, 3.05) is 12.4 Å². The first-order valence-corrected chi connectivity index (χ1v) is 2.62. The fourth-order valence-corrected chi connectivity index (χ4v) is 0.524. The van der Waals surface area contributed by atoms with Crippen LogP contribution in [-0.2, 0) is 0 Å². The van der Waals surface area contributed by atoms with Gasteiger partial charge in [0.25, 0.3) is 0 Å². The van der Waals surface area contributed by atoms with E-state index in [2.05, 4.69) is 10.3 Å². The maximum atomic E-state index is 12.1. The molecule has 0 aliphatic heterocycles. The van der Waals surface area contributed by atoms with Crippen LogP contribution in [0.2, 0.25) is 0 Å². The lowest BCUT2D eigenvalue weighted by Crippen LogP contribution is -1.89. The van der Waals surface area contributed by atoms with Crippen molar-refractivity contribution in [1.82, 2.24) is 4.98 Å². The Morgan fingerprint density at radius 3 is 2.78 bits per heavy atom. The lowest BCUT2D eigenvalue weighted by molar-refractivity contribution is 0.584. The molecule has 0 aliphatic carbocycles. The zero-order chi connectivity index (χ0) is 6.69. The van der Waals surface area contributed by atoms with E-state index in [1.54, 1.807) is 13.1 Å². The van der Waals surface area contributed by atoms with Gasteiger partial charge in [0.05, 0.1) is 11.9 Å². The van der Waals surface area contributed by atoms with Gasteiger partial charge in [-0.1, -0.05) is 0 Å². The third-order valence-electron chi connectivity index (χ3n) is 1.02. The summed E-state index contributed by atoms with van der Waals surface area (Å²) in [5.74, 6) is -0.450. The Labute approximate surface area is 52.7 Å². The average molecular weight is 126 g/mol. The molecule has 0 atom stereocenters. The Morgan fingerprint density at radius 2 is 2.33 bits per heavy atom. The summed E-state index contributed by atoms with van der Waals surface area (Å²) in [5, 5.41) is 2.82. The Bertz CT molecular complexity index is 183. The summed E-state index contributed by atoms with van der Waals surface area (Å²) >= 11 is 0. The maximum Gasteiger partial charge on any atom is 0.212 e. The van der Waals surface area contributed by atoms with Crippen LogP contribution in [0.25, 0.3) is 0 Å². The van der Waals surface area contributed by atoms with Crippen LogP contribution in [-0.4, -0.2) is 12.0 Å². The summed E-state index contributed by atoms with van der Waals surface area (Å²) < 4.78 is 12.1. The number of halogens is 1. The summed E-state index contributed by atoms with van der Waals surface area (Å²) in [7, 11) is 1.76. The molecule has 0 fully saturated rings. The molecule has 0 spiro atoms. The van der Waals surface area contributed by atoms with E-state index in [1.165, 1.54) is 12.3 Å². The van der Waals surface area contributed by atoms with Gasteiger partial charge in [-0.15, -0.1) is 0 Å². The largest absolute Gasteiger partial charge is 0.387 e. The smallest absolute Gasteiger partial charge is 0.212 e. The molecule has 0 aromatic carbocycles. The zero-order valence-corrected chi connectivity index (χ0v) is 5.06. The predicted octanol–water partition coefficient (Wildman–Crippen LogP) is 1.26. The quantitative estimate of drug-likeness (QED) is 0.573. The van der Waals surface area contributed by atoms with Gasteiger partial charge in [-0.05, 0) is 12.1 Å². The monoisotopic (exact) mass is 126 g/mol. The van der Waals surface area contributed by atoms with Crippen LogP contribution in [0.1, 0.15) is 0 Å². The first kappa shape index (κ1) is 6.01. The molecule has 3 heteroatoms. The highest BCUT2D eigenvalue weighted by Crippen LogP contribution is 2.02. The molecule has 1 aromatic rings. The molecule has 0 unspecified atom stereocenters. The minimum atomic E-state index is -0.450. The van der Waals surface area contributed by atoms with Crippen molar-refractivity contribution in [3.63, 3.8) is 0 Å². The summed E-state index contributed by atoms with van der Waals surface area (Å²) in [6.07, 6.45) is 1.44. The summed E-state index contributed by atoms with van der Waals surface area (Å²) in [6.45, 7) is 0. The summed E-state index contributed by atoms with van der Waals surface area (Å²) in [6, 6.07) is 2.94. The average Bonchev–Trinajstić information content (AvgIpc) is 1.90. The van der Waals surface area contributed by atoms with Gasteiger partial charge in [-0.25, -0.2) is 4.98 Å². The second-order valence-electron chi connectivity index (χ2n) is 1.62. The Balaban J connectivity index is 2.88. The Morgan fingerprint density at radius 1 is 1.56 bits per heavy atom. The second-order valence-corrected chi connectivity index (χ2v) is 1.62. The van der Waals surface area contributed by atoms with Gasteiger partial charge in [0.1, 0.15) is 0 Å². The van der Waals surface area contributed by atoms with E-state index in [-0.39, 0.29) is 0 Å². The third-order valence-corrected chi connectivity index (χ3v) is 1.02. The fourth-order valence-electron chi connectivity index (χ4n) is 0.524. The molecule has 2 nitrogen and oxygen atoms in total. The number of pyridine rings is 1. The number of hydrogen-bond acceptors (Lipinski definition) is 2. The van der Waals surface area contributed by atoms with Crippen LogP contribution in [0.3, 0.4) is 0 Å². The zero-order valence-electron chi connectivity index (χ0n) is 5.06. The molecule has 0 saturated heterocycles. The van der Waals surface area contributed by atoms with Gasteiger partial charge in [0.2, 0.25) is 5.95 Å². The first-order valence-electron chi connectivity index (χ1n) is 2.62. The topological polar surface area (TPSA) is 24.9 Å². The van der Waals surface area contributed by atoms with E-state index in [1.807, 2.05) is 0 Å². The van der Waals surface area contributed by atoms with Crippen LogP contribution in [0.5, 0.6) is 0 Å². The van der Waals surface area contributed by atoms with E-state index in [0.29, 0.717) is 0 Å². The SMILES string of the molecule is CNc1ccc(F)nc1. The lowest BCUT2D eigenvalue weighted by Gasteiger charge is -1.94. The lowest BCUT2D eigenvalue weighted by atomic mass is 10.4. The predicted molar refractivity (Wildman–Crippen MR) is 33.7 cm³/mol. The highest BCUT2D eigenvalue weighted by molar-refractivity contribution is 5.38. The number of rotatable bonds is 1. The van der Waals surface area contributed by atoms with Gasteiger partial charge < -0.3 is 5.32 Å². The van der Waals surface area contributed by atoms with E-state index in [4.69, 9.17) is 0 Å². The van der Waals surface area contributed by atoms with Gasteiger partial charge in [0, 0.05) is 7.05 Å². The van der Waals surface area contributed by atoms with Crippen LogP contribution in [0.4, 0.5) is 10.1 Å². The maximum absolute atomic E-state index is 12.1. The van der Waals surface area contributed by atoms with E-state index in [0.717, 1.165) is 5.69 Å². The molecule has 1 rings (SSSR count). The molecule has 0 radical (unpaired) electrons. The molecule has 48 valence electrons. The van der Waals surface area contributed by atoms with Gasteiger partial charge in [-0.3, -0.25) is 0 Å². The molecule has 1 aromatic heterocycles. The van der Waals surface area contributed by atoms with Crippen molar-refractivity contribution in [1.29, 1.82) is 0 Å².